The number of hydrogen-bond acceptors (Lipinski definition) is 4. The fourth-order valence-corrected chi connectivity index (χ4v) is 1.97. The number of likely N-dealkylation sites (tertiary alicyclic amines) is 1. The zero-order chi connectivity index (χ0) is 12.1. The van der Waals surface area contributed by atoms with E-state index in [1.165, 1.54) is 0 Å². The van der Waals surface area contributed by atoms with Crippen LogP contribution in [0.1, 0.15) is 0 Å². The number of ether oxygens (including phenoxy) is 2. The van der Waals surface area contributed by atoms with Crippen molar-refractivity contribution in [3.05, 3.63) is 24.3 Å². The van der Waals surface area contributed by atoms with Crippen molar-refractivity contribution in [2.24, 2.45) is 11.7 Å². The summed E-state index contributed by atoms with van der Waals surface area (Å²) in [4.78, 5) is 2.36. The van der Waals surface area contributed by atoms with Crippen molar-refractivity contribution in [1.29, 1.82) is 0 Å². The van der Waals surface area contributed by atoms with E-state index >= 15 is 0 Å². The molecule has 0 amide bonds. The van der Waals surface area contributed by atoms with Crippen molar-refractivity contribution in [1.82, 2.24) is 4.90 Å². The molecule has 2 N–H and O–H groups in total. The van der Waals surface area contributed by atoms with Crippen LogP contribution in [0.25, 0.3) is 0 Å². The lowest BCUT2D eigenvalue weighted by molar-refractivity contribution is 0.0875. The van der Waals surface area contributed by atoms with Crippen molar-refractivity contribution >= 4 is 0 Å². The normalized spacial score (nSPS) is 16.6. The Kier molecular flexibility index (Phi) is 4.23. The SMILES string of the molecule is COc1ccc(OCCN2CC(CN)C2)cc1. The highest BCUT2D eigenvalue weighted by Gasteiger charge is 2.24. The van der Waals surface area contributed by atoms with Crippen LogP contribution in [0.15, 0.2) is 24.3 Å². The first-order valence-electron chi connectivity index (χ1n) is 6.01. The Balaban J connectivity index is 1.64. The van der Waals surface area contributed by atoms with Crippen LogP contribution in [0, 0.1) is 5.92 Å². The average Bonchev–Trinajstić information content (AvgIpc) is 2.33. The first-order valence-corrected chi connectivity index (χ1v) is 6.01. The molecule has 2 rings (SSSR count). The third-order valence-corrected chi connectivity index (χ3v) is 3.10. The first-order chi connectivity index (χ1) is 8.31. The molecular weight excluding hydrogens is 216 g/mol. The summed E-state index contributed by atoms with van der Waals surface area (Å²) >= 11 is 0. The maximum Gasteiger partial charge on any atom is 0.119 e. The van der Waals surface area contributed by atoms with Crippen LogP contribution in [-0.4, -0.2) is 44.8 Å². The van der Waals surface area contributed by atoms with E-state index in [-0.39, 0.29) is 0 Å². The molecule has 0 spiro atoms. The van der Waals surface area contributed by atoms with E-state index in [9.17, 15) is 0 Å². The van der Waals surface area contributed by atoms with Crippen LogP contribution in [0.5, 0.6) is 11.5 Å². The second-order valence-corrected chi connectivity index (χ2v) is 4.39. The number of methoxy groups -OCH3 is 1. The summed E-state index contributed by atoms with van der Waals surface area (Å²) in [7, 11) is 1.66. The molecule has 1 fully saturated rings. The summed E-state index contributed by atoms with van der Waals surface area (Å²) < 4.78 is 10.7. The minimum atomic E-state index is 0.691. The van der Waals surface area contributed by atoms with Crippen LogP contribution in [0.4, 0.5) is 0 Å². The molecule has 0 atom stereocenters. The molecule has 4 nitrogen and oxygen atoms in total. The van der Waals surface area contributed by atoms with Gasteiger partial charge >= 0.3 is 0 Å². The van der Waals surface area contributed by atoms with Gasteiger partial charge in [0.1, 0.15) is 18.1 Å². The quantitative estimate of drug-likeness (QED) is 0.799. The summed E-state index contributed by atoms with van der Waals surface area (Å²) in [5, 5.41) is 0. The van der Waals surface area contributed by atoms with Crippen LogP contribution >= 0.6 is 0 Å². The number of benzene rings is 1. The smallest absolute Gasteiger partial charge is 0.119 e. The summed E-state index contributed by atoms with van der Waals surface area (Å²) in [5.41, 5.74) is 5.57. The Morgan fingerprint density at radius 3 is 2.47 bits per heavy atom. The highest BCUT2D eigenvalue weighted by molar-refractivity contribution is 5.31. The number of hydrogen-bond donors (Lipinski definition) is 1. The molecule has 0 saturated carbocycles. The maximum atomic E-state index is 5.65. The summed E-state index contributed by atoms with van der Waals surface area (Å²) in [5.74, 6) is 2.43. The molecule has 0 aliphatic carbocycles. The van der Waals surface area contributed by atoms with Gasteiger partial charge in [0.25, 0.3) is 0 Å². The lowest BCUT2D eigenvalue weighted by Gasteiger charge is -2.38. The molecule has 1 saturated heterocycles. The van der Waals surface area contributed by atoms with Gasteiger partial charge in [-0.05, 0) is 36.7 Å². The molecule has 17 heavy (non-hydrogen) atoms. The van der Waals surface area contributed by atoms with Crippen molar-refractivity contribution in [3.8, 4) is 11.5 Å². The zero-order valence-corrected chi connectivity index (χ0v) is 10.3. The number of nitrogens with zero attached hydrogens (tertiary/aromatic N) is 1. The Hall–Kier alpha value is -1.26. The second-order valence-electron chi connectivity index (χ2n) is 4.39. The third-order valence-electron chi connectivity index (χ3n) is 3.10. The van der Waals surface area contributed by atoms with Crippen LogP contribution in [-0.2, 0) is 0 Å². The largest absolute Gasteiger partial charge is 0.497 e. The standard InChI is InChI=1S/C13H20N2O2/c1-16-12-2-4-13(5-3-12)17-7-6-15-9-11(8-14)10-15/h2-5,11H,6-10,14H2,1H3. The minimum Gasteiger partial charge on any atom is -0.497 e. The van der Waals surface area contributed by atoms with Gasteiger partial charge in [0.2, 0.25) is 0 Å². The van der Waals surface area contributed by atoms with E-state index in [0.717, 1.165) is 44.3 Å². The molecule has 94 valence electrons. The molecule has 1 aromatic rings. The van der Waals surface area contributed by atoms with E-state index < -0.39 is 0 Å². The van der Waals surface area contributed by atoms with E-state index in [1.54, 1.807) is 7.11 Å². The van der Waals surface area contributed by atoms with Gasteiger partial charge in [-0.3, -0.25) is 4.90 Å². The predicted octanol–water partition coefficient (Wildman–Crippen LogP) is 0.964. The topological polar surface area (TPSA) is 47.7 Å². The fourth-order valence-electron chi connectivity index (χ4n) is 1.97. The van der Waals surface area contributed by atoms with Crippen LogP contribution < -0.4 is 15.2 Å². The van der Waals surface area contributed by atoms with Crippen LogP contribution in [0.3, 0.4) is 0 Å². The molecule has 0 unspecified atom stereocenters. The Labute approximate surface area is 102 Å². The van der Waals surface area contributed by atoms with E-state index in [0.29, 0.717) is 5.92 Å². The van der Waals surface area contributed by atoms with Gasteiger partial charge in [0, 0.05) is 19.6 Å². The van der Waals surface area contributed by atoms with Gasteiger partial charge in [-0.15, -0.1) is 0 Å². The predicted molar refractivity (Wildman–Crippen MR) is 67.5 cm³/mol. The number of nitrogens with two attached hydrogens (primary N) is 1. The fraction of sp³-hybridized carbons (Fsp3) is 0.538. The third kappa shape index (κ3) is 3.35. The monoisotopic (exact) mass is 236 g/mol. The average molecular weight is 236 g/mol. The molecule has 4 heteroatoms. The van der Waals surface area contributed by atoms with Gasteiger partial charge in [-0.25, -0.2) is 0 Å². The van der Waals surface area contributed by atoms with E-state index in [2.05, 4.69) is 4.90 Å². The molecular formula is C13H20N2O2. The maximum absolute atomic E-state index is 5.65. The zero-order valence-electron chi connectivity index (χ0n) is 10.3. The summed E-state index contributed by atoms with van der Waals surface area (Å²) in [6.45, 7) is 4.73. The lowest BCUT2D eigenvalue weighted by atomic mass is 10.0. The van der Waals surface area contributed by atoms with Gasteiger partial charge in [-0.2, -0.15) is 0 Å². The molecule has 0 aromatic heterocycles. The first kappa shape index (κ1) is 12.2. The van der Waals surface area contributed by atoms with Crippen LogP contribution in [0.2, 0.25) is 0 Å². The van der Waals surface area contributed by atoms with Crippen molar-refractivity contribution in [2.75, 3.05) is 39.9 Å². The Morgan fingerprint density at radius 1 is 1.24 bits per heavy atom. The molecule has 0 radical (unpaired) electrons. The van der Waals surface area contributed by atoms with E-state index in [1.807, 2.05) is 24.3 Å². The van der Waals surface area contributed by atoms with Gasteiger partial charge in [0.15, 0.2) is 0 Å². The van der Waals surface area contributed by atoms with E-state index in [4.69, 9.17) is 15.2 Å². The minimum absolute atomic E-state index is 0.691. The highest BCUT2D eigenvalue weighted by Crippen LogP contribution is 2.17. The van der Waals surface area contributed by atoms with Crippen molar-refractivity contribution in [2.45, 2.75) is 0 Å². The van der Waals surface area contributed by atoms with Gasteiger partial charge < -0.3 is 15.2 Å². The lowest BCUT2D eigenvalue weighted by Crippen LogP contribution is -2.50. The van der Waals surface area contributed by atoms with Gasteiger partial charge in [-0.1, -0.05) is 0 Å². The Morgan fingerprint density at radius 2 is 1.88 bits per heavy atom. The number of rotatable bonds is 6. The molecule has 0 bridgehead atoms. The summed E-state index contributed by atoms with van der Waals surface area (Å²) in [6.07, 6.45) is 0. The molecule has 1 heterocycles. The van der Waals surface area contributed by atoms with Gasteiger partial charge in [0.05, 0.1) is 7.11 Å². The molecule has 1 aromatic carbocycles. The molecule has 1 aliphatic rings. The van der Waals surface area contributed by atoms with Crippen molar-refractivity contribution in [3.63, 3.8) is 0 Å². The highest BCUT2D eigenvalue weighted by atomic mass is 16.5. The molecule has 1 aliphatic heterocycles. The van der Waals surface area contributed by atoms with Crippen molar-refractivity contribution < 1.29 is 9.47 Å². The Bertz CT molecular complexity index is 334. The summed E-state index contributed by atoms with van der Waals surface area (Å²) in [6, 6.07) is 7.67. The second kappa shape index (κ2) is 5.89.